The van der Waals surface area contributed by atoms with Gasteiger partial charge in [0.05, 0.1) is 29.3 Å². The average molecular weight is 497 g/mol. The van der Waals surface area contributed by atoms with Gasteiger partial charge >= 0.3 is 0 Å². The van der Waals surface area contributed by atoms with Crippen molar-refractivity contribution in [3.8, 4) is 5.69 Å². The summed E-state index contributed by atoms with van der Waals surface area (Å²) in [6.45, 7) is 2.33. The molecule has 1 saturated heterocycles. The quantitative estimate of drug-likeness (QED) is 0.421. The van der Waals surface area contributed by atoms with E-state index in [4.69, 9.17) is 11.6 Å². The lowest BCUT2D eigenvalue weighted by molar-refractivity contribution is -0.131. The lowest BCUT2D eigenvalue weighted by atomic mass is 10.2. The molecule has 9 nitrogen and oxygen atoms in total. The predicted octanol–water partition coefficient (Wildman–Crippen LogP) is 2.40. The van der Waals surface area contributed by atoms with Crippen LogP contribution in [0.1, 0.15) is 6.42 Å². The molecule has 4 heterocycles. The van der Waals surface area contributed by atoms with E-state index in [1.54, 1.807) is 29.3 Å². The summed E-state index contributed by atoms with van der Waals surface area (Å²) < 4.78 is 2.76. The number of halogens is 1. The Kier molecular flexibility index (Phi) is 6.16. The highest BCUT2D eigenvalue weighted by molar-refractivity contribution is 7.16. The van der Waals surface area contributed by atoms with Gasteiger partial charge in [0.25, 0.3) is 11.1 Å². The van der Waals surface area contributed by atoms with Crippen molar-refractivity contribution < 1.29 is 4.79 Å². The molecule has 4 aromatic rings. The number of hydrogen-bond acceptors (Lipinski definition) is 7. The van der Waals surface area contributed by atoms with Crippen LogP contribution in [0.3, 0.4) is 0 Å². The summed E-state index contributed by atoms with van der Waals surface area (Å²) in [5.41, 5.74) is 0.693. The number of thiophene rings is 1. The third-order valence-corrected chi connectivity index (χ3v) is 7.07. The Morgan fingerprint density at radius 2 is 1.79 bits per heavy atom. The summed E-state index contributed by atoms with van der Waals surface area (Å²) in [6.07, 6.45) is 3.31. The number of aromatic nitrogens is 4. The van der Waals surface area contributed by atoms with Crippen molar-refractivity contribution in [2.45, 2.75) is 13.0 Å². The van der Waals surface area contributed by atoms with Crippen molar-refractivity contribution in [3.63, 3.8) is 0 Å². The van der Waals surface area contributed by atoms with Crippen LogP contribution in [0.2, 0.25) is 5.02 Å². The largest absolute Gasteiger partial charge is 0.365 e. The highest BCUT2D eigenvalue weighted by Gasteiger charge is 2.24. The minimum atomic E-state index is -0.384. The third kappa shape index (κ3) is 4.22. The fourth-order valence-corrected chi connectivity index (χ4v) is 4.99. The minimum Gasteiger partial charge on any atom is -0.365 e. The first-order valence-electron chi connectivity index (χ1n) is 10.8. The molecule has 0 radical (unpaired) electrons. The number of amides is 1. The summed E-state index contributed by atoms with van der Waals surface area (Å²) in [5, 5.41) is 6.80. The summed E-state index contributed by atoms with van der Waals surface area (Å²) in [6, 6.07) is 10.9. The van der Waals surface area contributed by atoms with Gasteiger partial charge in [-0.3, -0.25) is 19.0 Å². The Bertz CT molecular complexity index is 1460. The molecule has 1 aliphatic rings. The van der Waals surface area contributed by atoms with E-state index in [0.29, 0.717) is 47.8 Å². The van der Waals surface area contributed by atoms with Gasteiger partial charge in [0.1, 0.15) is 9.85 Å². The number of nitrogens with zero attached hydrogens (tertiary/aromatic N) is 6. The molecule has 0 aliphatic carbocycles. The lowest BCUT2D eigenvalue weighted by Gasteiger charge is -2.36. The second kappa shape index (κ2) is 9.40. The van der Waals surface area contributed by atoms with Crippen molar-refractivity contribution in [1.29, 1.82) is 0 Å². The van der Waals surface area contributed by atoms with E-state index in [2.05, 4.69) is 10.1 Å². The van der Waals surface area contributed by atoms with Gasteiger partial charge in [0.15, 0.2) is 0 Å². The second-order valence-corrected chi connectivity index (χ2v) is 9.17. The fraction of sp³-hybridized carbons (Fsp3) is 0.261. The molecule has 0 saturated carbocycles. The molecule has 0 spiro atoms. The number of carbonyl (C=O) groups excluding carboxylic acids is 1. The van der Waals surface area contributed by atoms with E-state index in [1.807, 2.05) is 28.5 Å². The molecular weight excluding hydrogens is 476 g/mol. The number of rotatable bonds is 5. The molecule has 0 unspecified atom stereocenters. The Morgan fingerprint density at radius 1 is 1.03 bits per heavy atom. The molecule has 1 fully saturated rings. The van der Waals surface area contributed by atoms with Gasteiger partial charge < -0.3 is 9.80 Å². The van der Waals surface area contributed by atoms with Crippen molar-refractivity contribution in [3.05, 3.63) is 80.0 Å². The van der Waals surface area contributed by atoms with Crippen LogP contribution in [0.5, 0.6) is 0 Å². The van der Waals surface area contributed by atoms with Crippen LogP contribution < -0.4 is 16.0 Å². The maximum Gasteiger partial charge on any atom is 0.292 e. The topological polar surface area (TPSA) is 93.3 Å². The number of piperazine rings is 1. The van der Waals surface area contributed by atoms with Crippen molar-refractivity contribution in [2.75, 3.05) is 31.1 Å². The molecule has 11 heteroatoms. The average Bonchev–Trinajstić information content (AvgIpc) is 3.36. The molecule has 1 aliphatic heterocycles. The minimum absolute atomic E-state index is 0.0271. The summed E-state index contributed by atoms with van der Waals surface area (Å²) in [7, 11) is 0. The second-order valence-electron chi connectivity index (χ2n) is 7.90. The van der Waals surface area contributed by atoms with E-state index in [9.17, 15) is 14.4 Å². The lowest BCUT2D eigenvalue weighted by Crippen LogP contribution is -2.49. The molecule has 0 atom stereocenters. The molecular formula is C23H21ClN6O3S. The molecule has 5 rings (SSSR count). The number of aryl methyl sites for hydroxylation is 1. The highest BCUT2D eigenvalue weighted by Crippen LogP contribution is 2.23. The zero-order valence-electron chi connectivity index (χ0n) is 18.1. The smallest absolute Gasteiger partial charge is 0.292 e. The van der Waals surface area contributed by atoms with E-state index in [-0.39, 0.29) is 35.0 Å². The van der Waals surface area contributed by atoms with Gasteiger partial charge in [-0.1, -0.05) is 29.8 Å². The Balaban J connectivity index is 1.22. The van der Waals surface area contributed by atoms with Crippen LogP contribution in [0, 0.1) is 0 Å². The van der Waals surface area contributed by atoms with Gasteiger partial charge in [-0.05, 0) is 23.6 Å². The first kappa shape index (κ1) is 22.3. The van der Waals surface area contributed by atoms with Gasteiger partial charge in [0, 0.05) is 39.1 Å². The summed E-state index contributed by atoms with van der Waals surface area (Å²) in [4.78, 5) is 46.7. The van der Waals surface area contributed by atoms with E-state index < -0.39 is 0 Å². The first-order chi connectivity index (χ1) is 16.5. The number of benzene rings is 1. The first-order valence-corrected chi connectivity index (χ1v) is 12.1. The molecule has 3 aromatic heterocycles. The third-order valence-electron chi connectivity index (χ3n) is 5.89. The molecule has 174 valence electrons. The highest BCUT2D eigenvalue weighted by atomic mass is 35.5. The van der Waals surface area contributed by atoms with E-state index in [1.165, 1.54) is 26.9 Å². The Labute approximate surface area is 203 Å². The van der Waals surface area contributed by atoms with Gasteiger partial charge in [-0.2, -0.15) is 9.78 Å². The Morgan fingerprint density at radius 3 is 2.56 bits per heavy atom. The van der Waals surface area contributed by atoms with E-state index >= 15 is 0 Å². The zero-order valence-corrected chi connectivity index (χ0v) is 19.7. The molecule has 0 bridgehead atoms. The van der Waals surface area contributed by atoms with Crippen LogP contribution in [0.4, 0.5) is 5.69 Å². The van der Waals surface area contributed by atoms with Crippen molar-refractivity contribution in [1.82, 2.24) is 24.2 Å². The maximum absolute atomic E-state index is 12.8. The van der Waals surface area contributed by atoms with Crippen LogP contribution in [-0.4, -0.2) is 56.3 Å². The number of anilines is 1. The monoisotopic (exact) mass is 496 g/mol. The van der Waals surface area contributed by atoms with Crippen molar-refractivity contribution in [2.24, 2.45) is 0 Å². The summed E-state index contributed by atoms with van der Waals surface area (Å²) >= 11 is 7.83. The maximum atomic E-state index is 12.8. The fourth-order valence-electron chi connectivity index (χ4n) is 4.02. The normalized spacial score (nSPS) is 14.0. The van der Waals surface area contributed by atoms with Gasteiger partial charge in [0.2, 0.25) is 5.91 Å². The van der Waals surface area contributed by atoms with Crippen LogP contribution >= 0.6 is 22.9 Å². The standard InChI is InChI=1S/C23H21ClN6O3S/c24-20-18(14-26-30(23(20)33)16-4-2-1-3-5-16)27-9-11-28(12-10-27)19(31)6-8-29-15-25-21-17(22(29)32)7-13-34-21/h1-5,7,13-15H,6,8-12H2. The van der Waals surface area contributed by atoms with Gasteiger partial charge in [-0.15, -0.1) is 11.3 Å². The SMILES string of the molecule is O=C(CCn1cnc2sccc2c1=O)N1CCN(c2cnn(-c3ccccc3)c(=O)c2Cl)CC1. The summed E-state index contributed by atoms with van der Waals surface area (Å²) in [5.74, 6) is -0.0271. The Hall–Kier alpha value is -3.50. The number of hydrogen-bond donors (Lipinski definition) is 0. The van der Waals surface area contributed by atoms with Crippen LogP contribution in [0.15, 0.2) is 63.9 Å². The van der Waals surface area contributed by atoms with Gasteiger partial charge in [-0.25, -0.2) is 4.98 Å². The molecule has 1 amide bonds. The number of fused-ring (bicyclic) bond motifs is 1. The van der Waals surface area contributed by atoms with Crippen LogP contribution in [0.25, 0.3) is 15.9 Å². The van der Waals surface area contributed by atoms with Crippen molar-refractivity contribution >= 4 is 44.7 Å². The molecule has 34 heavy (non-hydrogen) atoms. The number of carbonyl (C=O) groups is 1. The zero-order chi connectivity index (χ0) is 23.7. The predicted molar refractivity (Wildman–Crippen MR) is 132 cm³/mol. The van der Waals surface area contributed by atoms with E-state index in [0.717, 1.165) is 0 Å². The number of para-hydroxylation sites is 1. The molecule has 0 N–H and O–H groups in total. The van der Waals surface area contributed by atoms with Crippen LogP contribution in [-0.2, 0) is 11.3 Å². The molecule has 1 aromatic carbocycles.